The lowest BCUT2D eigenvalue weighted by Crippen LogP contribution is -2.33. The lowest BCUT2D eigenvalue weighted by Gasteiger charge is -2.26. The first-order chi connectivity index (χ1) is 19.9. The number of nitrogens with zero attached hydrogens (tertiary/aromatic N) is 3. The fourth-order valence-corrected chi connectivity index (χ4v) is 6.28. The van der Waals surface area contributed by atoms with Gasteiger partial charge >= 0.3 is 0 Å². The van der Waals surface area contributed by atoms with Crippen LogP contribution in [0.1, 0.15) is 36.0 Å². The summed E-state index contributed by atoms with van der Waals surface area (Å²) in [5.74, 6) is 0.629. The van der Waals surface area contributed by atoms with Gasteiger partial charge in [-0.25, -0.2) is 12.8 Å². The van der Waals surface area contributed by atoms with Crippen LogP contribution in [0.3, 0.4) is 0 Å². The molecule has 10 heteroatoms. The average molecular weight is 575 g/mol. The number of nitrogens with one attached hydrogen (secondary N) is 1. The summed E-state index contributed by atoms with van der Waals surface area (Å²) in [6.07, 6.45) is 5.67. The number of halogens is 1. The Morgan fingerprint density at radius 1 is 1.02 bits per heavy atom. The largest absolute Gasteiger partial charge is 0.493 e. The molecule has 3 aromatic carbocycles. The Balaban J connectivity index is 1.33. The first-order valence-corrected chi connectivity index (χ1v) is 15.0. The molecule has 0 unspecified atom stereocenters. The Labute approximate surface area is 239 Å². The van der Waals surface area contributed by atoms with Gasteiger partial charge in [0.2, 0.25) is 0 Å². The molecule has 8 nitrogen and oxygen atoms in total. The molecule has 1 fully saturated rings. The topological polar surface area (TPSA) is 105 Å². The third kappa shape index (κ3) is 6.59. The van der Waals surface area contributed by atoms with Crippen LogP contribution in [-0.4, -0.2) is 51.7 Å². The van der Waals surface area contributed by atoms with E-state index in [1.807, 2.05) is 24.3 Å². The fraction of sp³-hybridized carbons (Fsp3) is 0.290. The van der Waals surface area contributed by atoms with Gasteiger partial charge in [-0.05, 0) is 73.5 Å². The molecule has 212 valence electrons. The molecule has 0 amide bonds. The zero-order chi connectivity index (χ0) is 28.8. The SMILES string of the molecule is COc1cc2c(Cc3ccc(NS(=O)(=O)c4ccccc4C#N)cc3F)ccnc2cc1OCCN1CCCCC1. The van der Waals surface area contributed by atoms with E-state index in [0.29, 0.717) is 29.2 Å². The van der Waals surface area contributed by atoms with E-state index >= 15 is 4.39 Å². The van der Waals surface area contributed by atoms with Crippen molar-refractivity contribution in [2.24, 2.45) is 0 Å². The summed E-state index contributed by atoms with van der Waals surface area (Å²) in [6.45, 7) is 3.60. The summed E-state index contributed by atoms with van der Waals surface area (Å²) >= 11 is 0. The molecule has 0 aliphatic carbocycles. The predicted octanol–water partition coefficient (Wildman–Crippen LogP) is 5.51. The van der Waals surface area contributed by atoms with E-state index in [2.05, 4.69) is 14.6 Å². The van der Waals surface area contributed by atoms with Crippen LogP contribution in [-0.2, 0) is 16.4 Å². The molecule has 1 aliphatic heterocycles. The lowest BCUT2D eigenvalue weighted by atomic mass is 10.00. The van der Waals surface area contributed by atoms with Gasteiger partial charge in [0.05, 0.1) is 23.9 Å². The number of nitriles is 1. The number of rotatable bonds is 10. The molecule has 0 spiro atoms. The third-order valence-corrected chi connectivity index (χ3v) is 8.65. The maximum Gasteiger partial charge on any atom is 0.263 e. The fourth-order valence-electron chi connectivity index (χ4n) is 5.07. The predicted molar refractivity (Wildman–Crippen MR) is 155 cm³/mol. The Morgan fingerprint density at radius 2 is 1.83 bits per heavy atom. The highest BCUT2D eigenvalue weighted by Gasteiger charge is 2.19. The Morgan fingerprint density at radius 3 is 2.59 bits per heavy atom. The van der Waals surface area contributed by atoms with Crippen molar-refractivity contribution in [3.8, 4) is 17.6 Å². The minimum absolute atomic E-state index is 0.00708. The van der Waals surface area contributed by atoms with E-state index < -0.39 is 15.8 Å². The van der Waals surface area contributed by atoms with Crippen molar-refractivity contribution < 1.29 is 22.3 Å². The minimum Gasteiger partial charge on any atom is -0.493 e. The Bertz CT molecular complexity index is 1700. The van der Waals surface area contributed by atoms with E-state index in [1.54, 1.807) is 25.4 Å². The molecular formula is C31H31FN4O4S. The first kappa shape index (κ1) is 28.3. The van der Waals surface area contributed by atoms with Crippen LogP contribution in [0.5, 0.6) is 11.5 Å². The molecule has 2 heterocycles. The molecule has 0 radical (unpaired) electrons. The molecule has 0 bridgehead atoms. The zero-order valence-electron chi connectivity index (χ0n) is 22.8. The number of aromatic nitrogens is 1. The first-order valence-electron chi connectivity index (χ1n) is 13.5. The van der Waals surface area contributed by atoms with Gasteiger partial charge in [0, 0.05) is 30.6 Å². The summed E-state index contributed by atoms with van der Waals surface area (Å²) in [5.41, 5.74) is 2.00. The number of hydrogen-bond donors (Lipinski definition) is 1. The van der Waals surface area contributed by atoms with Crippen LogP contribution in [0.25, 0.3) is 10.9 Å². The van der Waals surface area contributed by atoms with Crippen molar-refractivity contribution in [2.75, 3.05) is 38.1 Å². The van der Waals surface area contributed by atoms with E-state index in [1.165, 1.54) is 43.5 Å². The van der Waals surface area contributed by atoms with Gasteiger partial charge in [-0.1, -0.05) is 24.6 Å². The van der Waals surface area contributed by atoms with Gasteiger partial charge in [-0.2, -0.15) is 5.26 Å². The quantitative estimate of drug-likeness (QED) is 0.266. The summed E-state index contributed by atoms with van der Waals surface area (Å²) in [7, 11) is -2.49. The number of piperidine rings is 1. The summed E-state index contributed by atoms with van der Waals surface area (Å²) in [6, 6.07) is 17.4. The van der Waals surface area contributed by atoms with Gasteiger partial charge in [0.1, 0.15) is 23.4 Å². The van der Waals surface area contributed by atoms with Crippen molar-refractivity contribution in [3.05, 3.63) is 89.4 Å². The number of ether oxygens (including phenoxy) is 2. The van der Waals surface area contributed by atoms with Crippen LogP contribution in [0.15, 0.2) is 71.8 Å². The van der Waals surface area contributed by atoms with Crippen LogP contribution in [0.4, 0.5) is 10.1 Å². The number of pyridine rings is 1. The second-order valence-electron chi connectivity index (χ2n) is 9.94. The van der Waals surface area contributed by atoms with Crippen molar-refractivity contribution in [2.45, 2.75) is 30.6 Å². The molecule has 1 saturated heterocycles. The summed E-state index contributed by atoms with van der Waals surface area (Å²) in [4.78, 5) is 6.74. The number of likely N-dealkylation sites (tertiary alicyclic amines) is 1. The van der Waals surface area contributed by atoms with Crippen molar-refractivity contribution in [1.29, 1.82) is 5.26 Å². The number of sulfonamides is 1. The normalized spacial score (nSPS) is 14.0. The number of benzene rings is 3. The van der Waals surface area contributed by atoms with E-state index in [-0.39, 0.29) is 22.6 Å². The van der Waals surface area contributed by atoms with Crippen molar-refractivity contribution >= 4 is 26.6 Å². The molecule has 41 heavy (non-hydrogen) atoms. The van der Waals surface area contributed by atoms with Gasteiger partial charge in [-0.3, -0.25) is 14.6 Å². The molecule has 4 aromatic rings. The maximum absolute atomic E-state index is 15.2. The minimum atomic E-state index is -4.07. The zero-order valence-corrected chi connectivity index (χ0v) is 23.6. The second-order valence-corrected chi connectivity index (χ2v) is 11.6. The van der Waals surface area contributed by atoms with Gasteiger partial charge in [0.25, 0.3) is 10.0 Å². The van der Waals surface area contributed by atoms with E-state index in [4.69, 9.17) is 9.47 Å². The molecular weight excluding hydrogens is 543 g/mol. The number of hydrogen-bond acceptors (Lipinski definition) is 7. The van der Waals surface area contributed by atoms with Crippen molar-refractivity contribution in [3.63, 3.8) is 0 Å². The van der Waals surface area contributed by atoms with Crippen LogP contribution < -0.4 is 14.2 Å². The lowest BCUT2D eigenvalue weighted by molar-refractivity contribution is 0.181. The summed E-state index contributed by atoms with van der Waals surface area (Å²) < 4.78 is 54.9. The van der Waals surface area contributed by atoms with Crippen LogP contribution in [0.2, 0.25) is 0 Å². The highest BCUT2D eigenvalue weighted by atomic mass is 32.2. The van der Waals surface area contributed by atoms with Gasteiger partial charge in [0.15, 0.2) is 11.5 Å². The standard InChI is InChI=1S/C31H31FN4O4S/c1-39-29-19-26-22(11-12-34-28(26)20-30(29)40-16-15-36-13-5-2-6-14-36)17-23-9-10-25(18-27(23)32)35-41(37,38)31-8-4-3-7-24(31)21-33/h3-4,7-12,18-20,35H,2,5-6,13-17H2,1H3. The second kappa shape index (κ2) is 12.5. The van der Waals surface area contributed by atoms with E-state index in [9.17, 15) is 13.7 Å². The molecule has 0 saturated carbocycles. The molecule has 5 rings (SSSR count). The number of methoxy groups -OCH3 is 1. The number of fused-ring (bicyclic) bond motifs is 1. The molecule has 0 atom stereocenters. The van der Waals surface area contributed by atoms with Gasteiger partial charge < -0.3 is 9.47 Å². The third-order valence-electron chi connectivity index (χ3n) is 7.21. The van der Waals surface area contributed by atoms with E-state index in [0.717, 1.165) is 36.7 Å². The van der Waals surface area contributed by atoms with Crippen molar-refractivity contribution in [1.82, 2.24) is 9.88 Å². The highest BCUT2D eigenvalue weighted by Crippen LogP contribution is 2.34. The number of anilines is 1. The monoisotopic (exact) mass is 574 g/mol. The molecule has 1 aromatic heterocycles. The molecule has 1 N–H and O–H groups in total. The summed E-state index contributed by atoms with van der Waals surface area (Å²) in [5, 5.41) is 10.1. The average Bonchev–Trinajstić information content (AvgIpc) is 2.98. The molecule has 1 aliphatic rings. The van der Waals surface area contributed by atoms with Crippen LogP contribution >= 0.6 is 0 Å². The van der Waals surface area contributed by atoms with Gasteiger partial charge in [-0.15, -0.1) is 0 Å². The smallest absolute Gasteiger partial charge is 0.263 e. The Kier molecular flexibility index (Phi) is 8.67. The van der Waals surface area contributed by atoms with Crippen LogP contribution in [0, 0.1) is 17.1 Å². The highest BCUT2D eigenvalue weighted by molar-refractivity contribution is 7.92. The Hall–Kier alpha value is -4.20. The maximum atomic E-state index is 15.2.